The smallest absolute Gasteiger partial charge is 0.257 e. The molecule has 0 atom stereocenters. The maximum Gasteiger partial charge on any atom is 0.257 e. The molecule has 23 heavy (non-hydrogen) atoms. The van der Waals surface area contributed by atoms with Crippen molar-refractivity contribution in [3.8, 4) is 11.8 Å². The Bertz CT molecular complexity index is 651. The molecule has 0 radical (unpaired) electrons. The summed E-state index contributed by atoms with van der Waals surface area (Å²) >= 11 is 1.78. The number of nitriles is 1. The summed E-state index contributed by atoms with van der Waals surface area (Å²) in [5.41, 5.74) is 1.85. The van der Waals surface area contributed by atoms with Crippen LogP contribution in [0.5, 0.6) is 5.75 Å². The van der Waals surface area contributed by atoms with Crippen molar-refractivity contribution in [2.24, 2.45) is 0 Å². The first-order chi connectivity index (χ1) is 11.3. The lowest BCUT2D eigenvalue weighted by molar-refractivity contribution is -0.122. The highest BCUT2D eigenvalue weighted by Gasteiger charge is 2.02. The molecule has 0 aromatic heterocycles. The van der Waals surface area contributed by atoms with Gasteiger partial charge in [0, 0.05) is 18.1 Å². The van der Waals surface area contributed by atoms with Gasteiger partial charge < -0.3 is 10.1 Å². The number of nitrogens with zero attached hydrogens (tertiary/aromatic N) is 1. The van der Waals surface area contributed by atoms with E-state index in [2.05, 4.69) is 17.4 Å². The normalized spacial score (nSPS) is 9.87. The molecule has 0 unspecified atom stereocenters. The lowest BCUT2D eigenvalue weighted by Gasteiger charge is -2.07. The topological polar surface area (TPSA) is 62.1 Å². The minimum atomic E-state index is -0.144. The van der Waals surface area contributed by atoms with E-state index in [-0.39, 0.29) is 12.5 Å². The van der Waals surface area contributed by atoms with Crippen LogP contribution in [0.1, 0.15) is 11.1 Å². The van der Waals surface area contributed by atoms with Crippen molar-refractivity contribution >= 4 is 17.7 Å². The van der Waals surface area contributed by atoms with Gasteiger partial charge in [-0.05, 0) is 29.8 Å². The Balaban J connectivity index is 1.57. The highest BCUT2D eigenvalue weighted by atomic mass is 32.2. The number of ether oxygens (including phenoxy) is 1. The molecule has 5 heteroatoms. The van der Waals surface area contributed by atoms with E-state index in [9.17, 15) is 4.79 Å². The molecule has 0 saturated heterocycles. The third-order valence-electron chi connectivity index (χ3n) is 3.03. The molecule has 0 bridgehead atoms. The van der Waals surface area contributed by atoms with Gasteiger partial charge in [-0.1, -0.05) is 30.3 Å². The van der Waals surface area contributed by atoms with Crippen molar-refractivity contribution in [1.29, 1.82) is 5.26 Å². The average Bonchev–Trinajstić information content (AvgIpc) is 2.61. The monoisotopic (exact) mass is 326 g/mol. The van der Waals surface area contributed by atoms with Gasteiger partial charge in [0.05, 0.1) is 11.6 Å². The number of rotatable bonds is 8. The van der Waals surface area contributed by atoms with E-state index in [1.165, 1.54) is 5.56 Å². The van der Waals surface area contributed by atoms with Gasteiger partial charge in [0.1, 0.15) is 5.75 Å². The number of carbonyl (C=O) groups is 1. The summed E-state index contributed by atoms with van der Waals surface area (Å²) in [5, 5.41) is 11.5. The van der Waals surface area contributed by atoms with Crippen LogP contribution in [0.25, 0.3) is 0 Å². The van der Waals surface area contributed by atoms with E-state index in [1.807, 2.05) is 24.3 Å². The molecule has 0 fully saturated rings. The Morgan fingerprint density at radius 1 is 1.13 bits per heavy atom. The molecule has 0 saturated carbocycles. The summed E-state index contributed by atoms with van der Waals surface area (Å²) in [6.45, 7) is 0.600. The fraction of sp³-hybridized carbons (Fsp3) is 0.222. The highest BCUT2D eigenvalue weighted by Crippen LogP contribution is 2.12. The molecule has 118 valence electrons. The van der Waals surface area contributed by atoms with Gasteiger partial charge in [-0.2, -0.15) is 17.0 Å². The number of benzene rings is 2. The third kappa shape index (κ3) is 6.45. The van der Waals surface area contributed by atoms with E-state index in [4.69, 9.17) is 10.00 Å². The second-order valence-electron chi connectivity index (χ2n) is 4.81. The Hall–Kier alpha value is -2.45. The van der Waals surface area contributed by atoms with Gasteiger partial charge in [-0.15, -0.1) is 0 Å². The quantitative estimate of drug-likeness (QED) is 0.758. The van der Waals surface area contributed by atoms with Crippen LogP contribution in [-0.2, 0) is 10.5 Å². The Labute approximate surface area is 140 Å². The summed E-state index contributed by atoms with van der Waals surface area (Å²) in [5.74, 6) is 2.24. The van der Waals surface area contributed by atoms with Gasteiger partial charge >= 0.3 is 0 Å². The van der Waals surface area contributed by atoms with Crippen LogP contribution >= 0.6 is 11.8 Å². The molecule has 0 spiro atoms. The predicted molar refractivity (Wildman–Crippen MR) is 92.3 cm³/mol. The number of hydrogen-bond acceptors (Lipinski definition) is 4. The van der Waals surface area contributed by atoms with Crippen molar-refractivity contribution in [2.75, 3.05) is 18.9 Å². The second kappa shape index (κ2) is 9.54. The van der Waals surface area contributed by atoms with Gasteiger partial charge in [0.2, 0.25) is 0 Å². The second-order valence-corrected chi connectivity index (χ2v) is 5.92. The summed E-state index contributed by atoms with van der Waals surface area (Å²) < 4.78 is 5.37. The zero-order valence-corrected chi connectivity index (χ0v) is 13.5. The van der Waals surface area contributed by atoms with E-state index < -0.39 is 0 Å². The first-order valence-corrected chi connectivity index (χ1v) is 8.45. The zero-order valence-electron chi connectivity index (χ0n) is 12.7. The first-order valence-electron chi connectivity index (χ1n) is 7.29. The highest BCUT2D eigenvalue weighted by molar-refractivity contribution is 7.98. The van der Waals surface area contributed by atoms with E-state index in [0.717, 1.165) is 11.5 Å². The third-order valence-corrected chi connectivity index (χ3v) is 4.06. The van der Waals surface area contributed by atoms with Crippen LogP contribution in [-0.4, -0.2) is 24.8 Å². The van der Waals surface area contributed by atoms with Crippen molar-refractivity contribution in [3.05, 3.63) is 65.7 Å². The Morgan fingerprint density at radius 2 is 1.87 bits per heavy atom. The number of thioether (sulfide) groups is 1. The minimum Gasteiger partial charge on any atom is -0.484 e. The molecule has 2 aromatic rings. The summed E-state index contributed by atoms with van der Waals surface area (Å²) in [4.78, 5) is 11.7. The van der Waals surface area contributed by atoms with Crippen LogP contribution in [0.2, 0.25) is 0 Å². The summed E-state index contributed by atoms with van der Waals surface area (Å²) in [6.07, 6.45) is 0. The molecule has 2 aromatic carbocycles. The molecule has 0 aliphatic carbocycles. The molecule has 2 rings (SSSR count). The van der Waals surface area contributed by atoms with Crippen LogP contribution in [0, 0.1) is 11.3 Å². The molecule has 0 heterocycles. The van der Waals surface area contributed by atoms with Crippen molar-refractivity contribution in [3.63, 3.8) is 0 Å². The predicted octanol–water partition coefficient (Wildman–Crippen LogP) is 2.99. The standard InChI is InChI=1S/C18H18N2O2S/c19-12-15-6-8-17(9-7-15)22-13-18(21)20-10-11-23-14-16-4-2-1-3-5-16/h1-9H,10-11,13-14H2,(H,20,21). The lowest BCUT2D eigenvalue weighted by Crippen LogP contribution is -2.30. The van der Waals surface area contributed by atoms with Crippen LogP contribution in [0.15, 0.2) is 54.6 Å². The van der Waals surface area contributed by atoms with Crippen LogP contribution < -0.4 is 10.1 Å². The zero-order chi connectivity index (χ0) is 16.3. The molecule has 0 aliphatic heterocycles. The van der Waals surface area contributed by atoms with E-state index in [0.29, 0.717) is 17.9 Å². The fourth-order valence-electron chi connectivity index (χ4n) is 1.85. The first kappa shape index (κ1) is 16.9. The Morgan fingerprint density at radius 3 is 2.57 bits per heavy atom. The fourth-order valence-corrected chi connectivity index (χ4v) is 2.67. The maximum absolute atomic E-state index is 11.7. The number of amides is 1. The van der Waals surface area contributed by atoms with Crippen molar-refractivity contribution < 1.29 is 9.53 Å². The number of carbonyl (C=O) groups excluding carboxylic acids is 1. The van der Waals surface area contributed by atoms with Crippen LogP contribution in [0.3, 0.4) is 0 Å². The molecule has 1 amide bonds. The lowest BCUT2D eigenvalue weighted by atomic mass is 10.2. The van der Waals surface area contributed by atoms with Crippen molar-refractivity contribution in [1.82, 2.24) is 5.32 Å². The van der Waals surface area contributed by atoms with Crippen LogP contribution in [0.4, 0.5) is 0 Å². The molecule has 4 nitrogen and oxygen atoms in total. The summed E-state index contributed by atoms with van der Waals surface area (Å²) in [6, 6.07) is 19.0. The van der Waals surface area contributed by atoms with Gasteiger partial charge in [0.15, 0.2) is 6.61 Å². The molecule has 0 aliphatic rings. The number of nitrogens with one attached hydrogen (secondary N) is 1. The molecular weight excluding hydrogens is 308 g/mol. The maximum atomic E-state index is 11.7. The largest absolute Gasteiger partial charge is 0.484 e. The van der Waals surface area contributed by atoms with Gasteiger partial charge in [0.25, 0.3) is 5.91 Å². The van der Waals surface area contributed by atoms with E-state index in [1.54, 1.807) is 36.0 Å². The molecular formula is C18H18N2O2S. The van der Waals surface area contributed by atoms with Gasteiger partial charge in [-0.3, -0.25) is 4.79 Å². The van der Waals surface area contributed by atoms with Crippen molar-refractivity contribution in [2.45, 2.75) is 5.75 Å². The Kier molecular flexibility index (Phi) is 7.02. The van der Waals surface area contributed by atoms with E-state index >= 15 is 0 Å². The average molecular weight is 326 g/mol. The summed E-state index contributed by atoms with van der Waals surface area (Å²) in [7, 11) is 0. The molecule has 1 N–H and O–H groups in total. The number of hydrogen-bond donors (Lipinski definition) is 1. The minimum absolute atomic E-state index is 0.0186. The van der Waals surface area contributed by atoms with Gasteiger partial charge in [-0.25, -0.2) is 0 Å². The SMILES string of the molecule is N#Cc1ccc(OCC(=O)NCCSCc2ccccc2)cc1.